The van der Waals surface area contributed by atoms with Gasteiger partial charge in [-0.15, -0.1) is 0 Å². The Morgan fingerprint density at radius 1 is 1.22 bits per heavy atom. The number of guanidine groups is 1. The zero-order valence-electron chi connectivity index (χ0n) is 11.7. The lowest BCUT2D eigenvalue weighted by atomic mass is 9.85. The van der Waals surface area contributed by atoms with Crippen LogP contribution in [0, 0.1) is 0 Å². The second-order valence-corrected chi connectivity index (χ2v) is 5.47. The highest BCUT2D eigenvalue weighted by Crippen LogP contribution is 2.27. The van der Waals surface area contributed by atoms with Crippen molar-refractivity contribution in [2.24, 2.45) is 10.7 Å². The number of rotatable bonds is 7. The Morgan fingerprint density at radius 2 is 1.94 bits per heavy atom. The fraction of sp³-hybridized carbons (Fsp3) is 0.929. The van der Waals surface area contributed by atoms with E-state index in [0.29, 0.717) is 12.5 Å². The summed E-state index contributed by atoms with van der Waals surface area (Å²) in [6.45, 7) is 3.53. The van der Waals surface area contributed by atoms with E-state index in [1.807, 2.05) is 0 Å². The normalized spacial score (nSPS) is 19.8. The second kappa shape index (κ2) is 8.35. The molecule has 1 aliphatic rings. The summed E-state index contributed by atoms with van der Waals surface area (Å²) >= 11 is 0. The molecule has 0 aliphatic heterocycles. The molecule has 0 bridgehead atoms. The first kappa shape index (κ1) is 15.3. The molecule has 0 heterocycles. The zero-order chi connectivity index (χ0) is 13.3. The highest BCUT2D eigenvalue weighted by molar-refractivity contribution is 5.77. The molecule has 0 atom stereocenters. The van der Waals surface area contributed by atoms with Crippen molar-refractivity contribution in [2.45, 2.75) is 70.3 Å². The monoisotopic (exact) mass is 255 g/mol. The van der Waals surface area contributed by atoms with Gasteiger partial charge in [-0.2, -0.15) is 0 Å². The van der Waals surface area contributed by atoms with Gasteiger partial charge in [0.1, 0.15) is 0 Å². The summed E-state index contributed by atoms with van der Waals surface area (Å²) in [5, 5.41) is 13.4. The molecule has 4 nitrogen and oxygen atoms in total. The van der Waals surface area contributed by atoms with Gasteiger partial charge in [-0.1, -0.05) is 45.4 Å². The minimum atomic E-state index is -0.604. The topological polar surface area (TPSA) is 70.6 Å². The van der Waals surface area contributed by atoms with Gasteiger partial charge in [0.2, 0.25) is 0 Å². The van der Waals surface area contributed by atoms with Crippen molar-refractivity contribution in [1.29, 1.82) is 0 Å². The summed E-state index contributed by atoms with van der Waals surface area (Å²) in [6.07, 6.45) is 10.1. The van der Waals surface area contributed by atoms with E-state index < -0.39 is 5.60 Å². The molecule has 0 aromatic rings. The van der Waals surface area contributed by atoms with Crippen LogP contribution in [-0.4, -0.2) is 29.8 Å². The highest BCUT2D eigenvalue weighted by atomic mass is 16.3. The first-order valence-corrected chi connectivity index (χ1v) is 7.42. The third-order valence-corrected chi connectivity index (χ3v) is 3.66. The summed E-state index contributed by atoms with van der Waals surface area (Å²) in [7, 11) is 0. The number of nitrogens with two attached hydrogens (primary N) is 1. The molecular weight excluding hydrogens is 226 g/mol. The van der Waals surface area contributed by atoms with Crippen molar-refractivity contribution >= 4 is 5.96 Å². The minimum Gasteiger partial charge on any atom is -0.388 e. The Labute approximate surface area is 111 Å². The Kier molecular flexibility index (Phi) is 7.09. The Balaban J connectivity index is 2.16. The number of aliphatic hydroxyl groups is 1. The lowest BCUT2D eigenvalue weighted by Crippen LogP contribution is -2.38. The third-order valence-electron chi connectivity index (χ3n) is 3.66. The van der Waals surface area contributed by atoms with Crippen molar-refractivity contribution in [1.82, 2.24) is 5.32 Å². The lowest BCUT2D eigenvalue weighted by molar-refractivity contribution is 0.0132. The molecule has 4 N–H and O–H groups in total. The molecule has 106 valence electrons. The van der Waals surface area contributed by atoms with Crippen molar-refractivity contribution < 1.29 is 5.11 Å². The molecule has 0 radical (unpaired) electrons. The molecule has 1 fully saturated rings. The van der Waals surface area contributed by atoms with Crippen molar-refractivity contribution in [3.8, 4) is 0 Å². The molecule has 1 rings (SSSR count). The van der Waals surface area contributed by atoms with Crippen LogP contribution in [0.4, 0.5) is 0 Å². The SMILES string of the molecule is CCCCCCNC(N)=NCC1(O)CCCCC1. The van der Waals surface area contributed by atoms with Gasteiger partial charge in [0.15, 0.2) is 5.96 Å². The van der Waals surface area contributed by atoms with Crippen LogP contribution in [0.5, 0.6) is 0 Å². The standard InChI is InChI=1S/C14H29N3O/c1-2-3-4-8-11-16-13(15)17-12-14(18)9-6-5-7-10-14/h18H,2-12H2,1H3,(H3,15,16,17). The van der Waals surface area contributed by atoms with Crippen molar-refractivity contribution in [3.05, 3.63) is 0 Å². The molecular formula is C14H29N3O. The fourth-order valence-corrected chi connectivity index (χ4v) is 2.42. The van der Waals surface area contributed by atoms with Gasteiger partial charge in [-0.05, 0) is 19.3 Å². The van der Waals surface area contributed by atoms with Crippen LogP contribution in [0.25, 0.3) is 0 Å². The van der Waals surface area contributed by atoms with E-state index in [1.54, 1.807) is 0 Å². The minimum absolute atomic E-state index is 0.445. The van der Waals surface area contributed by atoms with Crippen LogP contribution >= 0.6 is 0 Å². The van der Waals surface area contributed by atoms with E-state index in [0.717, 1.165) is 38.6 Å². The molecule has 1 aliphatic carbocycles. The summed E-state index contributed by atoms with van der Waals surface area (Å²) in [4.78, 5) is 4.27. The van der Waals surface area contributed by atoms with Gasteiger partial charge in [-0.3, -0.25) is 4.99 Å². The van der Waals surface area contributed by atoms with E-state index >= 15 is 0 Å². The van der Waals surface area contributed by atoms with Gasteiger partial charge >= 0.3 is 0 Å². The van der Waals surface area contributed by atoms with Crippen LogP contribution in [0.15, 0.2) is 4.99 Å². The molecule has 0 spiro atoms. The van der Waals surface area contributed by atoms with Gasteiger partial charge in [0.25, 0.3) is 0 Å². The van der Waals surface area contributed by atoms with Crippen molar-refractivity contribution in [2.75, 3.05) is 13.1 Å². The van der Waals surface area contributed by atoms with Gasteiger partial charge in [-0.25, -0.2) is 0 Å². The number of unbranched alkanes of at least 4 members (excludes halogenated alkanes) is 3. The number of hydrogen-bond donors (Lipinski definition) is 3. The van der Waals surface area contributed by atoms with Crippen LogP contribution in [0.3, 0.4) is 0 Å². The highest BCUT2D eigenvalue weighted by Gasteiger charge is 2.28. The largest absolute Gasteiger partial charge is 0.388 e. The van der Waals surface area contributed by atoms with Gasteiger partial charge < -0.3 is 16.2 Å². The van der Waals surface area contributed by atoms with E-state index in [2.05, 4.69) is 17.2 Å². The molecule has 0 amide bonds. The number of nitrogens with one attached hydrogen (secondary N) is 1. The number of nitrogens with zero attached hydrogens (tertiary/aromatic N) is 1. The van der Waals surface area contributed by atoms with E-state index in [-0.39, 0.29) is 0 Å². The average Bonchev–Trinajstić information content (AvgIpc) is 2.37. The van der Waals surface area contributed by atoms with E-state index in [4.69, 9.17) is 5.73 Å². The Bertz CT molecular complexity index is 247. The molecule has 0 unspecified atom stereocenters. The maximum Gasteiger partial charge on any atom is 0.188 e. The van der Waals surface area contributed by atoms with E-state index in [9.17, 15) is 5.11 Å². The summed E-state index contributed by atoms with van der Waals surface area (Å²) in [6, 6.07) is 0. The van der Waals surface area contributed by atoms with E-state index in [1.165, 1.54) is 25.7 Å². The lowest BCUT2D eigenvalue weighted by Gasteiger charge is -2.30. The Hall–Kier alpha value is -0.770. The molecule has 0 aromatic heterocycles. The molecule has 18 heavy (non-hydrogen) atoms. The van der Waals surface area contributed by atoms with Crippen LogP contribution in [-0.2, 0) is 0 Å². The third kappa shape index (κ3) is 6.24. The Morgan fingerprint density at radius 3 is 2.61 bits per heavy atom. The average molecular weight is 255 g/mol. The summed E-state index contributed by atoms with van der Waals surface area (Å²) < 4.78 is 0. The zero-order valence-corrected chi connectivity index (χ0v) is 11.7. The van der Waals surface area contributed by atoms with Crippen LogP contribution < -0.4 is 11.1 Å². The van der Waals surface area contributed by atoms with Gasteiger partial charge in [0.05, 0.1) is 12.1 Å². The maximum atomic E-state index is 10.3. The fourth-order valence-electron chi connectivity index (χ4n) is 2.42. The van der Waals surface area contributed by atoms with Crippen molar-refractivity contribution in [3.63, 3.8) is 0 Å². The molecule has 1 saturated carbocycles. The van der Waals surface area contributed by atoms with Crippen LogP contribution in [0.1, 0.15) is 64.7 Å². The maximum absolute atomic E-state index is 10.3. The predicted molar refractivity (Wildman–Crippen MR) is 76.7 cm³/mol. The first-order valence-electron chi connectivity index (χ1n) is 7.42. The molecule has 0 saturated heterocycles. The summed E-state index contributed by atoms with van der Waals surface area (Å²) in [5.74, 6) is 0.477. The smallest absolute Gasteiger partial charge is 0.188 e. The molecule has 4 heteroatoms. The number of hydrogen-bond acceptors (Lipinski definition) is 2. The quantitative estimate of drug-likeness (QED) is 0.371. The number of aliphatic imine (C=N–C) groups is 1. The molecule has 0 aromatic carbocycles. The summed E-state index contributed by atoms with van der Waals surface area (Å²) in [5.41, 5.74) is 5.19. The van der Waals surface area contributed by atoms with Crippen LogP contribution in [0.2, 0.25) is 0 Å². The van der Waals surface area contributed by atoms with Gasteiger partial charge in [0, 0.05) is 6.54 Å². The second-order valence-electron chi connectivity index (χ2n) is 5.47. The predicted octanol–water partition coefficient (Wildman–Crippen LogP) is 2.17. The first-order chi connectivity index (χ1) is 8.66.